The third-order valence-corrected chi connectivity index (χ3v) is 4.02. The summed E-state index contributed by atoms with van der Waals surface area (Å²) in [6.07, 6.45) is 2.21. The first-order chi connectivity index (χ1) is 6.65. The number of rotatable bonds is 4. The van der Waals surface area contributed by atoms with Crippen molar-refractivity contribution in [2.45, 2.75) is 32.1 Å². The van der Waals surface area contributed by atoms with Gasteiger partial charge in [0.1, 0.15) is 0 Å². The second-order valence-electron chi connectivity index (χ2n) is 4.56. The molecule has 2 atom stereocenters. The second-order valence-corrected chi connectivity index (χ2v) is 5.83. The number of nitrogens with zero attached hydrogens (tertiary/aromatic N) is 1. The van der Waals surface area contributed by atoms with Gasteiger partial charge in [-0.1, -0.05) is 20.8 Å². The lowest BCUT2D eigenvalue weighted by Gasteiger charge is -2.39. The lowest BCUT2D eigenvalue weighted by molar-refractivity contribution is 0.126. The maximum atomic E-state index is 3.49. The zero-order valence-corrected chi connectivity index (χ0v) is 10.7. The predicted octanol–water partition coefficient (Wildman–Crippen LogP) is 1.67. The molecule has 1 N–H and O–H groups in total. The molecule has 0 aromatic rings. The van der Waals surface area contributed by atoms with Crippen molar-refractivity contribution in [1.82, 2.24) is 10.2 Å². The molecule has 84 valence electrons. The Bertz CT molecular complexity index is 161. The van der Waals surface area contributed by atoms with E-state index < -0.39 is 0 Å². The molecule has 1 saturated heterocycles. The second kappa shape index (κ2) is 5.99. The summed E-state index contributed by atoms with van der Waals surface area (Å²) < 4.78 is 0. The average molecular weight is 216 g/mol. The Morgan fingerprint density at radius 3 is 2.71 bits per heavy atom. The van der Waals surface area contributed by atoms with Gasteiger partial charge in [-0.25, -0.2) is 0 Å². The summed E-state index contributed by atoms with van der Waals surface area (Å²) in [5, 5.41) is 4.25. The highest BCUT2D eigenvalue weighted by atomic mass is 32.2. The fourth-order valence-electron chi connectivity index (χ4n) is 2.06. The Labute approximate surface area is 92.8 Å². The van der Waals surface area contributed by atoms with Gasteiger partial charge in [0.05, 0.1) is 0 Å². The monoisotopic (exact) mass is 216 g/mol. The van der Waals surface area contributed by atoms with E-state index in [0.29, 0.717) is 0 Å². The summed E-state index contributed by atoms with van der Waals surface area (Å²) in [6, 6.07) is 0.735. The summed E-state index contributed by atoms with van der Waals surface area (Å²) in [5.74, 6) is 0.761. The van der Waals surface area contributed by atoms with Gasteiger partial charge in [-0.3, -0.25) is 4.90 Å². The lowest BCUT2D eigenvalue weighted by Crippen LogP contribution is -2.54. The van der Waals surface area contributed by atoms with E-state index in [4.69, 9.17) is 0 Å². The number of nitrogens with one attached hydrogen (secondary N) is 1. The minimum Gasteiger partial charge on any atom is -0.314 e. The number of hydrogen-bond donors (Lipinski definition) is 1. The zero-order valence-electron chi connectivity index (χ0n) is 9.92. The van der Waals surface area contributed by atoms with Gasteiger partial charge < -0.3 is 5.32 Å². The normalized spacial score (nSPS) is 26.8. The lowest BCUT2D eigenvalue weighted by atomic mass is 10.0. The van der Waals surface area contributed by atoms with Crippen molar-refractivity contribution in [3.63, 3.8) is 0 Å². The van der Waals surface area contributed by atoms with E-state index in [2.05, 4.69) is 37.2 Å². The van der Waals surface area contributed by atoms with Crippen LogP contribution in [0.15, 0.2) is 0 Å². The maximum absolute atomic E-state index is 3.49. The molecule has 0 amide bonds. The Hall–Kier alpha value is 0.270. The molecule has 1 fully saturated rings. The van der Waals surface area contributed by atoms with Crippen LogP contribution in [0, 0.1) is 5.92 Å². The fourth-order valence-corrected chi connectivity index (χ4v) is 2.40. The van der Waals surface area contributed by atoms with Crippen LogP contribution in [-0.2, 0) is 0 Å². The Morgan fingerprint density at radius 2 is 2.14 bits per heavy atom. The van der Waals surface area contributed by atoms with E-state index in [9.17, 15) is 0 Å². The van der Waals surface area contributed by atoms with Crippen molar-refractivity contribution in [3.05, 3.63) is 0 Å². The third-order valence-electron chi connectivity index (χ3n) is 3.06. The van der Waals surface area contributed by atoms with Gasteiger partial charge in [-0.05, 0) is 12.2 Å². The Morgan fingerprint density at radius 1 is 1.43 bits per heavy atom. The summed E-state index contributed by atoms with van der Waals surface area (Å²) in [6.45, 7) is 11.8. The molecule has 0 aliphatic carbocycles. The standard InChI is InChI=1S/C11H24N2S/c1-9(2)11-7-12-5-6-13(11)8-10(3)14-4/h9-12H,5-8H2,1-4H3. The molecule has 2 unspecified atom stereocenters. The highest BCUT2D eigenvalue weighted by molar-refractivity contribution is 7.99. The maximum Gasteiger partial charge on any atom is 0.0244 e. The molecule has 1 rings (SSSR count). The van der Waals surface area contributed by atoms with Gasteiger partial charge in [0.2, 0.25) is 0 Å². The molecule has 1 heterocycles. The SMILES string of the molecule is CSC(C)CN1CCNCC1C(C)C. The van der Waals surface area contributed by atoms with Crippen LogP contribution in [0.4, 0.5) is 0 Å². The van der Waals surface area contributed by atoms with E-state index in [-0.39, 0.29) is 0 Å². The van der Waals surface area contributed by atoms with Crippen molar-refractivity contribution in [2.75, 3.05) is 32.4 Å². The summed E-state index contributed by atoms with van der Waals surface area (Å²) in [5.41, 5.74) is 0. The van der Waals surface area contributed by atoms with Crippen LogP contribution >= 0.6 is 11.8 Å². The minimum atomic E-state index is 0.735. The largest absolute Gasteiger partial charge is 0.314 e. The molecular weight excluding hydrogens is 192 g/mol. The fraction of sp³-hybridized carbons (Fsp3) is 1.00. The van der Waals surface area contributed by atoms with Crippen LogP contribution in [0.25, 0.3) is 0 Å². The van der Waals surface area contributed by atoms with Crippen molar-refractivity contribution in [2.24, 2.45) is 5.92 Å². The molecule has 3 heteroatoms. The molecule has 0 radical (unpaired) electrons. The topological polar surface area (TPSA) is 15.3 Å². The molecule has 0 saturated carbocycles. The Kier molecular flexibility index (Phi) is 5.28. The number of hydrogen-bond acceptors (Lipinski definition) is 3. The molecule has 0 aromatic carbocycles. The van der Waals surface area contributed by atoms with E-state index in [0.717, 1.165) is 23.8 Å². The van der Waals surface area contributed by atoms with E-state index in [1.54, 1.807) is 0 Å². The molecule has 0 bridgehead atoms. The molecule has 1 aliphatic rings. The number of piperazine rings is 1. The van der Waals surface area contributed by atoms with Crippen LogP contribution in [0.2, 0.25) is 0 Å². The summed E-state index contributed by atoms with van der Waals surface area (Å²) in [7, 11) is 0. The van der Waals surface area contributed by atoms with Crippen molar-refractivity contribution < 1.29 is 0 Å². The zero-order chi connectivity index (χ0) is 10.6. The summed E-state index contributed by atoms with van der Waals surface area (Å²) >= 11 is 1.97. The molecule has 0 spiro atoms. The summed E-state index contributed by atoms with van der Waals surface area (Å²) in [4.78, 5) is 2.66. The smallest absolute Gasteiger partial charge is 0.0244 e. The van der Waals surface area contributed by atoms with Crippen LogP contribution < -0.4 is 5.32 Å². The van der Waals surface area contributed by atoms with Crippen molar-refractivity contribution in [3.8, 4) is 0 Å². The van der Waals surface area contributed by atoms with Crippen LogP contribution in [0.3, 0.4) is 0 Å². The highest BCUT2D eigenvalue weighted by Crippen LogP contribution is 2.16. The predicted molar refractivity (Wildman–Crippen MR) is 66.0 cm³/mol. The highest BCUT2D eigenvalue weighted by Gasteiger charge is 2.25. The van der Waals surface area contributed by atoms with Crippen LogP contribution in [0.1, 0.15) is 20.8 Å². The van der Waals surface area contributed by atoms with Gasteiger partial charge in [-0.2, -0.15) is 11.8 Å². The first kappa shape index (κ1) is 12.3. The molecule has 14 heavy (non-hydrogen) atoms. The molecule has 2 nitrogen and oxygen atoms in total. The first-order valence-electron chi connectivity index (χ1n) is 5.62. The number of thioether (sulfide) groups is 1. The quantitative estimate of drug-likeness (QED) is 0.769. The van der Waals surface area contributed by atoms with Gasteiger partial charge >= 0.3 is 0 Å². The Balaban J connectivity index is 2.45. The van der Waals surface area contributed by atoms with Gasteiger partial charge in [0.15, 0.2) is 0 Å². The van der Waals surface area contributed by atoms with Crippen molar-refractivity contribution >= 4 is 11.8 Å². The van der Waals surface area contributed by atoms with Crippen molar-refractivity contribution in [1.29, 1.82) is 0 Å². The molecule has 0 aromatic heterocycles. The average Bonchev–Trinajstić information content (AvgIpc) is 2.18. The van der Waals surface area contributed by atoms with E-state index in [1.807, 2.05) is 11.8 Å². The first-order valence-corrected chi connectivity index (χ1v) is 6.91. The molecule has 1 aliphatic heterocycles. The molecular formula is C11H24N2S. The third kappa shape index (κ3) is 3.44. The van der Waals surface area contributed by atoms with Gasteiger partial charge in [0.25, 0.3) is 0 Å². The van der Waals surface area contributed by atoms with Crippen LogP contribution in [-0.4, -0.2) is 48.6 Å². The van der Waals surface area contributed by atoms with E-state index >= 15 is 0 Å². The van der Waals surface area contributed by atoms with Crippen LogP contribution in [0.5, 0.6) is 0 Å². The minimum absolute atomic E-state index is 0.735. The van der Waals surface area contributed by atoms with Gasteiger partial charge in [0, 0.05) is 37.5 Å². The van der Waals surface area contributed by atoms with Gasteiger partial charge in [-0.15, -0.1) is 0 Å². The van der Waals surface area contributed by atoms with E-state index in [1.165, 1.54) is 19.6 Å².